The van der Waals surface area contributed by atoms with Crippen molar-refractivity contribution in [1.29, 1.82) is 0 Å². The molecule has 0 radical (unpaired) electrons. The number of fused-ring (bicyclic) bond motifs is 1. The van der Waals surface area contributed by atoms with E-state index >= 15 is 0 Å². The molecule has 2 aliphatic rings. The number of carbonyl (C=O) groups is 1. The quantitative estimate of drug-likeness (QED) is 0.446. The Bertz CT molecular complexity index is 643. The second kappa shape index (κ2) is 8.86. The average Bonchev–Trinajstić information content (AvgIpc) is 2.80. The van der Waals surface area contributed by atoms with E-state index in [-0.39, 0.29) is 5.97 Å². The molecule has 0 atom stereocenters. The Balaban J connectivity index is 2.03. The molecule has 0 unspecified atom stereocenters. The van der Waals surface area contributed by atoms with Crippen molar-refractivity contribution in [2.24, 2.45) is 0 Å². The van der Waals surface area contributed by atoms with Crippen LogP contribution in [0.2, 0.25) is 0 Å². The smallest absolute Gasteiger partial charge is 0.305 e. The summed E-state index contributed by atoms with van der Waals surface area (Å²) in [4.78, 5) is 11.6. The van der Waals surface area contributed by atoms with Crippen molar-refractivity contribution in [3.8, 4) is 11.1 Å². The van der Waals surface area contributed by atoms with Crippen molar-refractivity contribution in [2.45, 2.75) is 65.7 Å². The van der Waals surface area contributed by atoms with E-state index in [4.69, 9.17) is 4.74 Å². The highest BCUT2D eigenvalue weighted by Gasteiger charge is 2.12. The summed E-state index contributed by atoms with van der Waals surface area (Å²) >= 11 is 0. The van der Waals surface area contributed by atoms with Gasteiger partial charge in [-0.3, -0.25) is 4.79 Å². The van der Waals surface area contributed by atoms with Crippen molar-refractivity contribution in [1.82, 2.24) is 0 Å². The van der Waals surface area contributed by atoms with E-state index in [1.165, 1.54) is 27.8 Å². The van der Waals surface area contributed by atoms with Gasteiger partial charge in [-0.15, -0.1) is 0 Å². The summed E-state index contributed by atoms with van der Waals surface area (Å²) in [7, 11) is 0. The van der Waals surface area contributed by atoms with Gasteiger partial charge in [-0.25, -0.2) is 0 Å². The van der Waals surface area contributed by atoms with E-state index in [9.17, 15) is 4.79 Å². The summed E-state index contributed by atoms with van der Waals surface area (Å²) in [6, 6.07) is 11.2. The summed E-state index contributed by atoms with van der Waals surface area (Å²) < 4.78 is 5.33. The molecule has 2 rings (SSSR count). The molecule has 0 N–H and O–H groups in total. The van der Waals surface area contributed by atoms with Crippen molar-refractivity contribution < 1.29 is 9.53 Å². The molecule has 0 aromatic carbocycles. The van der Waals surface area contributed by atoms with E-state index < -0.39 is 0 Å². The van der Waals surface area contributed by atoms with Crippen LogP contribution >= 0.6 is 0 Å². The first-order valence-electron chi connectivity index (χ1n) is 9.20. The first-order chi connectivity index (χ1) is 11.5. The molecule has 0 bridgehead atoms. The van der Waals surface area contributed by atoms with Crippen LogP contribution in [0.4, 0.5) is 0 Å². The fourth-order valence-corrected chi connectivity index (χ4v) is 2.99. The zero-order chi connectivity index (χ0) is 17.5. The van der Waals surface area contributed by atoms with E-state index in [1.807, 2.05) is 0 Å². The van der Waals surface area contributed by atoms with Crippen LogP contribution in [-0.2, 0) is 16.0 Å². The minimum Gasteiger partial charge on any atom is -0.466 e. The second-order valence-electron chi connectivity index (χ2n) is 6.93. The molecule has 2 nitrogen and oxygen atoms in total. The third kappa shape index (κ3) is 4.83. The predicted molar refractivity (Wildman–Crippen MR) is 101 cm³/mol. The minimum absolute atomic E-state index is 0.0631. The highest BCUT2D eigenvalue weighted by atomic mass is 16.5. The molecular weight excluding hydrogens is 296 g/mol. The lowest BCUT2D eigenvalue weighted by molar-refractivity contribution is -0.143. The Labute approximate surface area is 146 Å². The summed E-state index contributed by atoms with van der Waals surface area (Å²) in [5.41, 5.74) is 6.71. The lowest BCUT2D eigenvalue weighted by Gasteiger charge is -2.07. The molecule has 0 amide bonds. The molecule has 0 fully saturated rings. The molecule has 24 heavy (non-hydrogen) atoms. The summed E-state index contributed by atoms with van der Waals surface area (Å²) in [6.07, 6.45) is 4.30. The Morgan fingerprint density at radius 3 is 2.58 bits per heavy atom. The maximum Gasteiger partial charge on any atom is 0.305 e. The van der Waals surface area contributed by atoms with Gasteiger partial charge in [0.2, 0.25) is 0 Å². The third-order valence-electron chi connectivity index (χ3n) is 4.60. The molecule has 0 spiro atoms. The Morgan fingerprint density at radius 2 is 1.88 bits per heavy atom. The second-order valence-corrected chi connectivity index (χ2v) is 6.93. The Hall–Kier alpha value is -1.83. The van der Waals surface area contributed by atoms with Crippen molar-refractivity contribution in [2.75, 3.05) is 6.61 Å². The standard InChI is InChI=1S/C22H30O2/c1-5-6-9-22(23)24-14-7-8-18-11-12-19(16(2)3)15-21-17(4)10-13-20(18)21/h10-13,15-16H,5-9,14H2,1-4H3. The van der Waals surface area contributed by atoms with E-state index in [2.05, 4.69) is 58.0 Å². The van der Waals surface area contributed by atoms with Gasteiger partial charge >= 0.3 is 5.97 Å². The van der Waals surface area contributed by atoms with Crippen LogP contribution in [-0.4, -0.2) is 12.6 Å². The van der Waals surface area contributed by atoms with Crippen LogP contribution in [0, 0.1) is 6.92 Å². The molecule has 0 aromatic rings. The molecule has 0 saturated carbocycles. The van der Waals surface area contributed by atoms with Gasteiger partial charge in [0.1, 0.15) is 0 Å². The van der Waals surface area contributed by atoms with Crippen LogP contribution in [0.5, 0.6) is 0 Å². The van der Waals surface area contributed by atoms with Crippen LogP contribution < -0.4 is 0 Å². The van der Waals surface area contributed by atoms with Crippen molar-refractivity contribution in [3.05, 3.63) is 47.0 Å². The topological polar surface area (TPSA) is 26.3 Å². The Morgan fingerprint density at radius 1 is 1.08 bits per heavy atom. The number of rotatable bonds is 8. The van der Waals surface area contributed by atoms with Crippen LogP contribution in [0.25, 0.3) is 11.1 Å². The SMILES string of the molecule is CCCCC(=O)OCCCc1ccc(C(C)C)cc2c(C)ccc1-2. The number of esters is 1. The maximum atomic E-state index is 11.6. The molecule has 0 aliphatic heterocycles. The fourth-order valence-electron chi connectivity index (χ4n) is 2.99. The van der Waals surface area contributed by atoms with Gasteiger partial charge in [-0.05, 0) is 59.9 Å². The lowest BCUT2D eigenvalue weighted by atomic mass is 10.0. The predicted octanol–water partition coefficient (Wildman–Crippen LogP) is 5.89. The molecule has 0 aromatic heterocycles. The van der Waals surface area contributed by atoms with Crippen LogP contribution in [0.15, 0.2) is 30.3 Å². The zero-order valence-electron chi connectivity index (χ0n) is 15.5. The van der Waals surface area contributed by atoms with Crippen LogP contribution in [0.1, 0.15) is 69.1 Å². The molecular formula is C22H30O2. The normalized spacial score (nSPS) is 11.2. The number of unbranched alkanes of at least 4 members (excludes halogenated alkanes) is 1. The molecule has 0 saturated heterocycles. The van der Waals surface area contributed by atoms with Gasteiger partial charge in [-0.2, -0.15) is 0 Å². The number of carbonyl (C=O) groups excluding carboxylic acids is 1. The number of hydrogen-bond acceptors (Lipinski definition) is 2. The van der Waals surface area contributed by atoms with E-state index in [0.717, 1.165) is 25.7 Å². The third-order valence-corrected chi connectivity index (χ3v) is 4.60. The van der Waals surface area contributed by atoms with Gasteiger partial charge in [0, 0.05) is 6.42 Å². The minimum atomic E-state index is -0.0631. The van der Waals surface area contributed by atoms with Crippen LogP contribution in [0.3, 0.4) is 0 Å². The van der Waals surface area contributed by atoms with E-state index in [0.29, 0.717) is 18.9 Å². The molecule has 2 heteroatoms. The average molecular weight is 326 g/mol. The highest BCUT2D eigenvalue weighted by molar-refractivity contribution is 5.74. The zero-order valence-corrected chi connectivity index (χ0v) is 15.5. The van der Waals surface area contributed by atoms with Gasteiger partial charge < -0.3 is 4.74 Å². The summed E-state index contributed by atoms with van der Waals surface area (Å²) in [6.45, 7) is 9.23. The monoisotopic (exact) mass is 326 g/mol. The highest BCUT2D eigenvalue weighted by Crippen LogP contribution is 2.33. The van der Waals surface area contributed by atoms with E-state index in [1.54, 1.807) is 0 Å². The van der Waals surface area contributed by atoms with Gasteiger partial charge in [0.15, 0.2) is 0 Å². The van der Waals surface area contributed by atoms with Gasteiger partial charge in [0.05, 0.1) is 6.61 Å². The van der Waals surface area contributed by atoms with Gasteiger partial charge in [-0.1, -0.05) is 57.5 Å². The molecule has 2 aliphatic carbocycles. The van der Waals surface area contributed by atoms with Crippen molar-refractivity contribution >= 4 is 5.97 Å². The first kappa shape index (κ1) is 18.5. The number of hydrogen-bond donors (Lipinski definition) is 0. The summed E-state index contributed by atoms with van der Waals surface area (Å²) in [5.74, 6) is 0.453. The van der Waals surface area contributed by atoms with Gasteiger partial charge in [0.25, 0.3) is 0 Å². The Kier molecular flexibility index (Phi) is 6.84. The molecule has 130 valence electrons. The first-order valence-corrected chi connectivity index (χ1v) is 9.20. The number of ether oxygens (including phenoxy) is 1. The molecule has 0 heterocycles. The maximum absolute atomic E-state index is 11.6. The fraction of sp³-hybridized carbons (Fsp3) is 0.500. The lowest BCUT2D eigenvalue weighted by Crippen LogP contribution is -2.06. The largest absolute Gasteiger partial charge is 0.466 e. The number of aryl methyl sites for hydroxylation is 2. The summed E-state index contributed by atoms with van der Waals surface area (Å²) in [5, 5.41) is 0. The van der Waals surface area contributed by atoms with Crippen molar-refractivity contribution in [3.63, 3.8) is 0 Å².